The molecule has 1 heterocycles. The van der Waals surface area contributed by atoms with Crippen LogP contribution in [0.1, 0.15) is 46.2 Å². The molecule has 2 rings (SSSR count). The zero-order valence-electron chi connectivity index (χ0n) is 15.5. The minimum atomic E-state index is 0.0335. The van der Waals surface area contributed by atoms with Crippen LogP contribution in [0, 0.1) is 5.92 Å². The van der Waals surface area contributed by atoms with Crippen LogP contribution < -0.4 is 10.1 Å². The van der Waals surface area contributed by atoms with Gasteiger partial charge in [-0.1, -0.05) is 26.0 Å². The van der Waals surface area contributed by atoms with E-state index in [1.165, 1.54) is 0 Å². The molecular weight excluding hydrogens is 332 g/mol. The largest absolute Gasteiger partial charge is 0.493 e. The van der Waals surface area contributed by atoms with Crippen LogP contribution in [0.25, 0.3) is 10.6 Å². The number of hydrogen-bond acceptors (Lipinski definition) is 4. The van der Waals surface area contributed by atoms with Crippen LogP contribution in [-0.2, 0) is 11.2 Å². The van der Waals surface area contributed by atoms with Crippen LogP contribution in [-0.4, -0.2) is 23.5 Å². The average molecular weight is 361 g/mol. The lowest BCUT2D eigenvalue weighted by molar-refractivity contribution is -0.121. The molecule has 1 atom stereocenters. The molecule has 1 aromatic carbocycles. The van der Waals surface area contributed by atoms with E-state index in [1.807, 2.05) is 36.6 Å². The number of hydrogen-bond donors (Lipinski definition) is 1. The molecule has 0 saturated heterocycles. The Kier molecular flexibility index (Phi) is 7.44. The SMILES string of the molecule is CCOc1ccccc1-c1nc(CC(=O)NC(C)CCC(C)C)cs1. The second-order valence-electron chi connectivity index (χ2n) is 6.69. The molecule has 0 saturated carbocycles. The number of benzene rings is 1. The van der Waals surface area contributed by atoms with Crippen molar-refractivity contribution in [3.63, 3.8) is 0 Å². The van der Waals surface area contributed by atoms with Crippen molar-refractivity contribution in [2.75, 3.05) is 6.61 Å². The van der Waals surface area contributed by atoms with E-state index in [0.29, 0.717) is 18.9 Å². The fraction of sp³-hybridized carbons (Fsp3) is 0.500. The Morgan fingerprint density at radius 1 is 1.24 bits per heavy atom. The van der Waals surface area contributed by atoms with E-state index < -0.39 is 0 Å². The van der Waals surface area contributed by atoms with Crippen molar-refractivity contribution >= 4 is 17.2 Å². The van der Waals surface area contributed by atoms with Crippen molar-refractivity contribution < 1.29 is 9.53 Å². The standard InChI is InChI=1S/C20H28N2O2S/c1-5-24-18-9-7-6-8-17(18)20-22-16(13-25-20)12-19(23)21-15(4)11-10-14(2)3/h6-9,13-15H,5,10-12H2,1-4H3,(H,21,23). The molecular formula is C20H28N2O2S. The molecule has 2 aromatic rings. The fourth-order valence-corrected chi connectivity index (χ4v) is 3.43. The minimum absolute atomic E-state index is 0.0335. The minimum Gasteiger partial charge on any atom is -0.493 e. The van der Waals surface area contributed by atoms with Gasteiger partial charge >= 0.3 is 0 Å². The third-order valence-corrected chi connectivity index (χ3v) is 4.82. The monoisotopic (exact) mass is 360 g/mol. The number of para-hydroxylation sites is 1. The molecule has 0 aliphatic heterocycles. The van der Waals surface area contributed by atoms with E-state index in [4.69, 9.17) is 4.74 Å². The molecule has 0 aliphatic rings. The Balaban J connectivity index is 1.96. The van der Waals surface area contributed by atoms with Gasteiger partial charge in [0.25, 0.3) is 0 Å². The normalized spacial score (nSPS) is 12.2. The molecule has 1 N–H and O–H groups in total. The van der Waals surface area contributed by atoms with Gasteiger partial charge in [-0.15, -0.1) is 11.3 Å². The van der Waals surface area contributed by atoms with Gasteiger partial charge in [0.2, 0.25) is 5.91 Å². The predicted molar refractivity (Wildman–Crippen MR) is 104 cm³/mol. The van der Waals surface area contributed by atoms with Gasteiger partial charge in [0.05, 0.1) is 24.3 Å². The Hall–Kier alpha value is -1.88. The van der Waals surface area contributed by atoms with Gasteiger partial charge in [0.1, 0.15) is 10.8 Å². The van der Waals surface area contributed by atoms with Gasteiger partial charge in [-0.2, -0.15) is 0 Å². The van der Waals surface area contributed by atoms with Gasteiger partial charge in [-0.05, 0) is 44.7 Å². The van der Waals surface area contributed by atoms with E-state index in [9.17, 15) is 4.79 Å². The van der Waals surface area contributed by atoms with Crippen molar-refractivity contribution in [2.24, 2.45) is 5.92 Å². The quantitative estimate of drug-likeness (QED) is 0.705. The third-order valence-electron chi connectivity index (χ3n) is 3.90. The Bertz CT molecular complexity index is 682. The van der Waals surface area contributed by atoms with Crippen molar-refractivity contribution in [2.45, 2.75) is 53.0 Å². The summed E-state index contributed by atoms with van der Waals surface area (Å²) in [5, 5.41) is 5.91. The molecule has 4 nitrogen and oxygen atoms in total. The van der Waals surface area contributed by atoms with E-state index >= 15 is 0 Å². The highest BCUT2D eigenvalue weighted by atomic mass is 32.1. The summed E-state index contributed by atoms with van der Waals surface area (Å²) < 4.78 is 5.67. The summed E-state index contributed by atoms with van der Waals surface area (Å²) in [6, 6.07) is 8.08. The van der Waals surface area contributed by atoms with Crippen molar-refractivity contribution in [1.82, 2.24) is 10.3 Å². The van der Waals surface area contributed by atoms with E-state index in [1.54, 1.807) is 11.3 Å². The molecule has 0 radical (unpaired) electrons. The van der Waals surface area contributed by atoms with Crippen molar-refractivity contribution in [3.05, 3.63) is 35.3 Å². The second kappa shape index (κ2) is 9.56. The lowest BCUT2D eigenvalue weighted by Gasteiger charge is -2.14. The maximum absolute atomic E-state index is 12.2. The zero-order valence-corrected chi connectivity index (χ0v) is 16.4. The van der Waals surface area contributed by atoms with Crippen LogP contribution in [0.4, 0.5) is 0 Å². The number of nitrogens with zero attached hydrogens (tertiary/aromatic N) is 1. The maximum atomic E-state index is 12.2. The molecule has 0 aliphatic carbocycles. The number of carbonyl (C=O) groups excluding carboxylic acids is 1. The molecule has 25 heavy (non-hydrogen) atoms. The highest BCUT2D eigenvalue weighted by Crippen LogP contribution is 2.32. The average Bonchev–Trinajstić information content (AvgIpc) is 3.02. The van der Waals surface area contributed by atoms with Gasteiger partial charge in [-0.3, -0.25) is 4.79 Å². The number of amides is 1. The van der Waals surface area contributed by atoms with E-state index in [0.717, 1.165) is 34.9 Å². The zero-order chi connectivity index (χ0) is 18.2. The number of aromatic nitrogens is 1. The molecule has 136 valence electrons. The molecule has 1 amide bonds. The summed E-state index contributed by atoms with van der Waals surface area (Å²) in [5.74, 6) is 1.52. The fourth-order valence-electron chi connectivity index (χ4n) is 2.58. The predicted octanol–water partition coefficient (Wildman–Crippen LogP) is 4.69. The van der Waals surface area contributed by atoms with Crippen LogP contribution >= 0.6 is 11.3 Å². The topological polar surface area (TPSA) is 51.2 Å². The third kappa shape index (κ3) is 6.16. The number of thiazole rings is 1. The van der Waals surface area contributed by atoms with Crippen LogP contribution in [0.3, 0.4) is 0 Å². The molecule has 1 unspecified atom stereocenters. The maximum Gasteiger partial charge on any atom is 0.226 e. The Labute approximate surface area is 154 Å². The first-order chi connectivity index (χ1) is 12.0. The summed E-state index contributed by atoms with van der Waals surface area (Å²) in [6.07, 6.45) is 2.45. The van der Waals surface area contributed by atoms with Crippen LogP contribution in [0.2, 0.25) is 0 Å². The second-order valence-corrected chi connectivity index (χ2v) is 7.55. The number of nitrogens with one attached hydrogen (secondary N) is 1. The van der Waals surface area contributed by atoms with Crippen LogP contribution in [0.15, 0.2) is 29.6 Å². The molecule has 0 spiro atoms. The first-order valence-corrected chi connectivity index (χ1v) is 9.83. The van der Waals surface area contributed by atoms with Gasteiger partial charge in [0.15, 0.2) is 0 Å². The van der Waals surface area contributed by atoms with E-state index in [-0.39, 0.29) is 11.9 Å². The van der Waals surface area contributed by atoms with Crippen molar-refractivity contribution in [3.8, 4) is 16.3 Å². The smallest absolute Gasteiger partial charge is 0.226 e. The van der Waals surface area contributed by atoms with Crippen molar-refractivity contribution in [1.29, 1.82) is 0 Å². The first-order valence-electron chi connectivity index (χ1n) is 8.95. The number of carbonyl (C=O) groups is 1. The van der Waals surface area contributed by atoms with Gasteiger partial charge < -0.3 is 10.1 Å². The summed E-state index contributed by atoms with van der Waals surface area (Å²) >= 11 is 1.55. The molecule has 1 aromatic heterocycles. The number of ether oxygens (including phenoxy) is 1. The van der Waals surface area contributed by atoms with Gasteiger partial charge in [-0.25, -0.2) is 4.98 Å². The first kappa shape index (κ1) is 19.4. The highest BCUT2D eigenvalue weighted by Gasteiger charge is 2.14. The number of rotatable bonds is 9. The van der Waals surface area contributed by atoms with Crippen LogP contribution in [0.5, 0.6) is 5.75 Å². The molecule has 5 heteroatoms. The summed E-state index contributed by atoms with van der Waals surface area (Å²) in [6.45, 7) is 9.04. The lowest BCUT2D eigenvalue weighted by atomic mass is 10.0. The Morgan fingerprint density at radius 3 is 2.72 bits per heavy atom. The molecule has 0 bridgehead atoms. The Morgan fingerprint density at radius 2 is 2.00 bits per heavy atom. The summed E-state index contributed by atoms with van der Waals surface area (Å²) in [7, 11) is 0. The summed E-state index contributed by atoms with van der Waals surface area (Å²) in [5.41, 5.74) is 1.78. The van der Waals surface area contributed by atoms with Gasteiger partial charge in [0, 0.05) is 11.4 Å². The summed E-state index contributed by atoms with van der Waals surface area (Å²) in [4.78, 5) is 16.8. The van der Waals surface area contributed by atoms with E-state index in [2.05, 4.69) is 31.1 Å². The highest BCUT2D eigenvalue weighted by molar-refractivity contribution is 7.13. The molecule has 0 fully saturated rings. The lowest BCUT2D eigenvalue weighted by Crippen LogP contribution is -2.33.